The van der Waals surface area contributed by atoms with Crippen molar-refractivity contribution in [3.8, 4) is 0 Å². The van der Waals surface area contributed by atoms with Crippen LogP contribution in [0.2, 0.25) is 0 Å². The zero-order valence-corrected chi connectivity index (χ0v) is 17.5. The Morgan fingerprint density at radius 3 is 2.50 bits per heavy atom. The third kappa shape index (κ3) is 6.66. The number of rotatable bonds is 10. The summed E-state index contributed by atoms with van der Waals surface area (Å²) in [5.41, 5.74) is 10.1. The van der Waals surface area contributed by atoms with Crippen LogP contribution in [0.25, 0.3) is 0 Å². The van der Waals surface area contributed by atoms with Gasteiger partial charge in [0.1, 0.15) is 6.61 Å². The molecule has 0 aliphatic carbocycles. The smallest absolute Gasteiger partial charge is 0.408 e. The first kappa shape index (κ1) is 22.0. The second-order valence-electron chi connectivity index (χ2n) is 7.10. The molecule has 3 aromatic rings. The number of carbonyl (C=O) groups is 1. The minimum atomic E-state index is -0.763. The fourth-order valence-corrected chi connectivity index (χ4v) is 3.76. The minimum Gasteiger partial charge on any atom is -0.444 e. The molecule has 6 nitrogen and oxygen atoms in total. The summed E-state index contributed by atoms with van der Waals surface area (Å²) in [5.74, 6) is 0. The van der Waals surface area contributed by atoms with Crippen LogP contribution in [-0.2, 0) is 17.8 Å². The molecular formula is C23H27N3O3S. The number of alkyl carbamates (subject to hydrolysis) is 1. The SMILES string of the molecule is NC(C(O)CCCc1ccccc1)C(NC(=O)OCc1cncs1)c1ccccc1. The Labute approximate surface area is 180 Å². The second-order valence-corrected chi connectivity index (χ2v) is 8.07. The lowest BCUT2D eigenvalue weighted by atomic mass is 9.93. The average Bonchev–Trinajstić information content (AvgIpc) is 3.30. The average molecular weight is 426 g/mol. The van der Waals surface area contributed by atoms with Gasteiger partial charge in [-0.2, -0.15) is 0 Å². The maximum absolute atomic E-state index is 12.4. The number of hydrogen-bond donors (Lipinski definition) is 3. The van der Waals surface area contributed by atoms with E-state index in [9.17, 15) is 9.90 Å². The van der Waals surface area contributed by atoms with Gasteiger partial charge in [-0.3, -0.25) is 4.98 Å². The van der Waals surface area contributed by atoms with Crippen LogP contribution in [0, 0.1) is 0 Å². The number of amides is 1. The van der Waals surface area contributed by atoms with Crippen molar-refractivity contribution in [1.29, 1.82) is 0 Å². The van der Waals surface area contributed by atoms with E-state index in [1.165, 1.54) is 16.9 Å². The fraction of sp³-hybridized carbons (Fsp3) is 0.304. The lowest BCUT2D eigenvalue weighted by Gasteiger charge is -2.29. The van der Waals surface area contributed by atoms with Gasteiger partial charge < -0.3 is 20.9 Å². The fourth-order valence-electron chi connectivity index (χ4n) is 3.26. The molecule has 0 spiro atoms. The van der Waals surface area contributed by atoms with Gasteiger partial charge in [0.05, 0.1) is 28.6 Å². The first-order valence-electron chi connectivity index (χ1n) is 9.96. The van der Waals surface area contributed by atoms with E-state index in [1.54, 1.807) is 11.7 Å². The van der Waals surface area contributed by atoms with E-state index in [2.05, 4.69) is 22.4 Å². The molecular weight excluding hydrogens is 398 g/mol. The van der Waals surface area contributed by atoms with Gasteiger partial charge in [0, 0.05) is 6.20 Å². The van der Waals surface area contributed by atoms with E-state index in [0.717, 1.165) is 23.3 Å². The van der Waals surface area contributed by atoms with Crippen molar-refractivity contribution in [3.05, 3.63) is 88.4 Å². The highest BCUT2D eigenvalue weighted by Crippen LogP contribution is 2.21. The molecule has 1 amide bonds. The van der Waals surface area contributed by atoms with Crippen LogP contribution in [0.15, 0.2) is 72.4 Å². The predicted molar refractivity (Wildman–Crippen MR) is 118 cm³/mol. The maximum atomic E-state index is 12.4. The van der Waals surface area contributed by atoms with E-state index < -0.39 is 24.3 Å². The van der Waals surface area contributed by atoms with Gasteiger partial charge in [0.25, 0.3) is 0 Å². The van der Waals surface area contributed by atoms with E-state index in [-0.39, 0.29) is 6.61 Å². The topological polar surface area (TPSA) is 97.5 Å². The number of aromatic nitrogens is 1. The molecule has 1 heterocycles. The third-order valence-electron chi connectivity index (χ3n) is 4.90. The molecule has 1 aromatic heterocycles. The summed E-state index contributed by atoms with van der Waals surface area (Å²) in [4.78, 5) is 17.2. The summed E-state index contributed by atoms with van der Waals surface area (Å²) in [6.07, 6.45) is 2.53. The molecule has 30 heavy (non-hydrogen) atoms. The summed E-state index contributed by atoms with van der Waals surface area (Å²) >= 11 is 1.42. The number of aliphatic hydroxyl groups is 1. The number of benzene rings is 2. The predicted octanol–water partition coefficient (Wildman–Crippen LogP) is 3.82. The Morgan fingerprint density at radius 2 is 1.83 bits per heavy atom. The number of hydrogen-bond acceptors (Lipinski definition) is 6. The van der Waals surface area contributed by atoms with Crippen molar-refractivity contribution in [1.82, 2.24) is 10.3 Å². The van der Waals surface area contributed by atoms with Gasteiger partial charge in [0.2, 0.25) is 0 Å². The summed E-state index contributed by atoms with van der Waals surface area (Å²) < 4.78 is 5.29. The van der Waals surface area contributed by atoms with E-state index >= 15 is 0 Å². The molecule has 0 aliphatic rings. The Morgan fingerprint density at radius 1 is 1.13 bits per heavy atom. The summed E-state index contributed by atoms with van der Waals surface area (Å²) in [7, 11) is 0. The number of aryl methyl sites for hydroxylation is 1. The molecule has 0 radical (unpaired) electrons. The van der Waals surface area contributed by atoms with Gasteiger partial charge in [-0.05, 0) is 30.4 Å². The van der Waals surface area contributed by atoms with E-state index in [1.807, 2.05) is 48.5 Å². The van der Waals surface area contributed by atoms with Crippen molar-refractivity contribution in [2.75, 3.05) is 0 Å². The highest BCUT2D eigenvalue weighted by atomic mass is 32.1. The van der Waals surface area contributed by atoms with Gasteiger partial charge in [0.15, 0.2) is 0 Å². The van der Waals surface area contributed by atoms with Crippen LogP contribution in [0.3, 0.4) is 0 Å². The molecule has 0 saturated heterocycles. The number of nitrogens with two attached hydrogens (primary N) is 1. The van der Waals surface area contributed by atoms with Gasteiger partial charge in [-0.1, -0.05) is 60.7 Å². The molecule has 3 unspecified atom stereocenters. The van der Waals surface area contributed by atoms with Crippen molar-refractivity contribution >= 4 is 17.4 Å². The molecule has 2 aromatic carbocycles. The lowest BCUT2D eigenvalue weighted by molar-refractivity contribution is 0.103. The maximum Gasteiger partial charge on any atom is 0.408 e. The number of ether oxygens (including phenoxy) is 1. The van der Waals surface area contributed by atoms with Crippen LogP contribution in [-0.4, -0.2) is 28.3 Å². The number of thiazole rings is 1. The van der Waals surface area contributed by atoms with Crippen LogP contribution < -0.4 is 11.1 Å². The Hall–Kier alpha value is -2.74. The van der Waals surface area contributed by atoms with E-state index in [4.69, 9.17) is 10.5 Å². The molecule has 4 N–H and O–H groups in total. The summed E-state index contributed by atoms with van der Waals surface area (Å²) in [5, 5.41) is 13.5. The van der Waals surface area contributed by atoms with Crippen LogP contribution in [0.4, 0.5) is 4.79 Å². The largest absolute Gasteiger partial charge is 0.444 e. The third-order valence-corrected chi connectivity index (χ3v) is 5.65. The summed E-state index contributed by atoms with van der Waals surface area (Å²) in [6.45, 7) is 0.146. The standard InChI is InChI=1S/C23H27N3O3S/c24-21(20(27)13-7-10-17-8-3-1-4-9-17)22(18-11-5-2-6-12-18)26-23(28)29-15-19-14-25-16-30-19/h1-6,8-9,11-12,14,16,20-22,27H,7,10,13,15,24H2,(H,26,28). The quantitative estimate of drug-likeness (QED) is 0.459. The molecule has 3 atom stereocenters. The number of nitrogens with one attached hydrogen (secondary N) is 1. The van der Waals surface area contributed by atoms with Gasteiger partial charge in [-0.25, -0.2) is 4.79 Å². The summed E-state index contributed by atoms with van der Waals surface area (Å²) in [6, 6.07) is 18.3. The van der Waals surface area contributed by atoms with E-state index in [0.29, 0.717) is 6.42 Å². The van der Waals surface area contributed by atoms with Gasteiger partial charge in [-0.15, -0.1) is 11.3 Å². The number of aliphatic hydroxyl groups excluding tert-OH is 1. The van der Waals surface area contributed by atoms with Crippen molar-refractivity contribution < 1.29 is 14.6 Å². The lowest BCUT2D eigenvalue weighted by Crippen LogP contribution is -2.47. The van der Waals surface area contributed by atoms with Crippen LogP contribution in [0.5, 0.6) is 0 Å². The monoisotopic (exact) mass is 425 g/mol. The Balaban J connectivity index is 1.58. The second kappa shape index (κ2) is 11.4. The van der Waals surface area contributed by atoms with Gasteiger partial charge >= 0.3 is 6.09 Å². The van der Waals surface area contributed by atoms with Crippen molar-refractivity contribution in [3.63, 3.8) is 0 Å². The molecule has 0 fully saturated rings. The van der Waals surface area contributed by atoms with Crippen LogP contribution >= 0.6 is 11.3 Å². The highest BCUT2D eigenvalue weighted by Gasteiger charge is 2.28. The zero-order chi connectivity index (χ0) is 21.2. The number of nitrogens with zero attached hydrogens (tertiary/aromatic N) is 1. The molecule has 158 valence electrons. The molecule has 0 aliphatic heterocycles. The Kier molecular flexibility index (Phi) is 8.38. The molecule has 0 saturated carbocycles. The van der Waals surface area contributed by atoms with Crippen molar-refractivity contribution in [2.45, 2.75) is 44.1 Å². The number of carbonyl (C=O) groups excluding carboxylic acids is 1. The Bertz CT molecular complexity index is 875. The molecule has 3 rings (SSSR count). The molecule has 0 bridgehead atoms. The first-order valence-corrected chi connectivity index (χ1v) is 10.8. The van der Waals surface area contributed by atoms with Crippen LogP contribution in [0.1, 0.15) is 34.9 Å². The minimum absolute atomic E-state index is 0.146. The van der Waals surface area contributed by atoms with Crippen molar-refractivity contribution in [2.24, 2.45) is 5.73 Å². The molecule has 7 heteroatoms. The highest BCUT2D eigenvalue weighted by molar-refractivity contribution is 7.09. The first-order chi connectivity index (χ1) is 14.6. The zero-order valence-electron chi connectivity index (χ0n) is 16.7. The normalized spacial score (nSPS) is 13.9.